The van der Waals surface area contributed by atoms with Crippen molar-refractivity contribution in [3.05, 3.63) is 67.1 Å². The van der Waals surface area contributed by atoms with Crippen LogP contribution in [0.5, 0.6) is 0 Å². The minimum absolute atomic E-state index is 0.0710. The van der Waals surface area contributed by atoms with Crippen molar-refractivity contribution < 1.29 is 4.92 Å². The number of nitrogens with zero attached hydrogens (tertiary/aromatic N) is 1. The fraction of sp³-hybridized carbons (Fsp3) is 0.143. The van der Waals surface area contributed by atoms with Crippen LogP contribution in [0.1, 0.15) is 11.1 Å². The molecule has 0 amide bonds. The molecule has 2 aromatic rings. The molecule has 6 heteroatoms. The van der Waals surface area contributed by atoms with Gasteiger partial charge in [-0.25, -0.2) is 0 Å². The van der Waals surface area contributed by atoms with Crippen LogP contribution in [-0.4, -0.2) is 4.92 Å². The molecule has 0 bridgehead atoms. The smallest absolute Gasteiger partial charge is 0.288 e. The summed E-state index contributed by atoms with van der Waals surface area (Å²) in [6, 6.07) is 11.0. The third-order valence-corrected chi connectivity index (χ3v) is 3.72. The van der Waals surface area contributed by atoms with Crippen molar-refractivity contribution in [2.45, 2.75) is 13.5 Å². The molecule has 0 heterocycles. The Hall–Kier alpha value is -1.59. The van der Waals surface area contributed by atoms with Gasteiger partial charge in [-0.05, 0) is 36.2 Å². The van der Waals surface area contributed by atoms with Gasteiger partial charge in [0.05, 0.1) is 4.92 Å². The van der Waals surface area contributed by atoms with Crippen LogP contribution < -0.4 is 5.32 Å². The van der Waals surface area contributed by atoms with Crippen LogP contribution in [0.4, 0.5) is 11.4 Å². The maximum atomic E-state index is 10.8. The van der Waals surface area contributed by atoms with Crippen LogP contribution in [0.2, 0.25) is 5.02 Å². The summed E-state index contributed by atoms with van der Waals surface area (Å²) in [7, 11) is 0. The number of nitro benzene ring substituents is 1. The van der Waals surface area contributed by atoms with E-state index in [0.29, 0.717) is 6.54 Å². The van der Waals surface area contributed by atoms with Gasteiger partial charge in [0.1, 0.15) is 5.02 Å². The molecule has 4 nitrogen and oxygen atoms in total. The van der Waals surface area contributed by atoms with E-state index >= 15 is 0 Å². The minimum Gasteiger partial charge on any atom is -0.381 e. The van der Waals surface area contributed by atoms with E-state index in [1.807, 2.05) is 31.2 Å². The van der Waals surface area contributed by atoms with Crippen LogP contribution in [-0.2, 0) is 6.54 Å². The molecule has 0 aromatic heterocycles. The van der Waals surface area contributed by atoms with E-state index in [-0.39, 0.29) is 10.7 Å². The highest BCUT2D eigenvalue weighted by molar-refractivity contribution is 9.10. The molecular formula is C14H12BrClN2O2. The highest BCUT2D eigenvalue weighted by Gasteiger charge is 2.14. The third-order valence-electron chi connectivity index (χ3n) is 2.89. The molecule has 0 aliphatic heterocycles. The molecule has 0 radical (unpaired) electrons. The van der Waals surface area contributed by atoms with Crippen molar-refractivity contribution in [1.29, 1.82) is 0 Å². The van der Waals surface area contributed by atoms with Crippen molar-refractivity contribution in [2.75, 3.05) is 5.32 Å². The number of aryl methyl sites for hydroxylation is 1. The largest absolute Gasteiger partial charge is 0.381 e. The van der Waals surface area contributed by atoms with Crippen LogP contribution in [0.15, 0.2) is 40.9 Å². The maximum Gasteiger partial charge on any atom is 0.288 e. The Balaban J connectivity index is 2.16. The summed E-state index contributed by atoms with van der Waals surface area (Å²) in [4.78, 5) is 10.3. The van der Waals surface area contributed by atoms with Crippen LogP contribution in [0.3, 0.4) is 0 Å². The number of halogens is 2. The third kappa shape index (κ3) is 3.49. The molecule has 2 rings (SSSR count). The summed E-state index contributed by atoms with van der Waals surface area (Å²) < 4.78 is 1.02. The Kier molecular flexibility index (Phi) is 4.62. The number of hydrogen-bond donors (Lipinski definition) is 1. The zero-order valence-corrected chi connectivity index (χ0v) is 13.0. The molecule has 0 aliphatic rings. The molecule has 1 N–H and O–H groups in total. The van der Waals surface area contributed by atoms with Gasteiger partial charge in [-0.3, -0.25) is 10.1 Å². The highest BCUT2D eigenvalue weighted by Crippen LogP contribution is 2.30. The Labute approximate surface area is 130 Å². The number of nitro groups is 1. The first-order chi connectivity index (χ1) is 9.47. The van der Waals surface area contributed by atoms with Crippen molar-refractivity contribution in [2.24, 2.45) is 0 Å². The van der Waals surface area contributed by atoms with Gasteiger partial charge < -0.3 is 5.32 Å². The predicted molar refractivity (Wildman–Crippen MR) is 84.3 cm³/mol. The number of hydrogen-bond acceptors (Lipinski definition) is 3. The van der Waals surface area contributed by atoms with E-state index in [2.05, 4.69) is 21.2 Å². The number of anilines is 1. The van der Waals surface area contributed by atoms with E-state index in [4.69, 9.17) is 11.6 Å². The lowest BCUT2D eigenvalue weighted by atomic mass is 10.1. The summed E-state index contributed by atoms with van der Waals surface area (Å²) in [6.07, 6.45) is 0. The lowest BCUT2D eigenvalue weighted by Crippen LogP contribution is -2.02. The molecule has 0 fully saturated rings. The SMILES string of the molecule is Cc1cc([N+](=O)[O-])c(Cl)cc1NCc1ccc(Br)cc1. The maximum absolute atomic E-state index is 10.8. The molecule has 104 valence electrons. The van der Waals surface area contributed by atoms with Gasteiger partial charge in [-0.1, -0.05) is 39.7 Å². The topological polar surface area (TPSA) is 55.2 Å². The molecule has 0 atom stereocenters. The second kappa shape index (κ2) is 6.24. The second-order valence-corrected chi connectivity index (χ2v) is 5.68. The zero-order valence-electron chi connectivity index (χ0n) is 10.7. The fourth-order valence-electron chi connectivity index (χ4n) is 1.80. The first-order valence-corrected chi connectivity index (χ1v) is 7.07. The normalized spacial score (nSPS) is 10.3. The first kappa shape index (κ1) is 14.8. The minimum atomic E-state index is -0.478. The van der Waals surface area contributed by atoms with E-state index in [1.165, 1.54) is 6.07 Å². The second-order valence-electron chi connectivity index (χ2n) is 4.36. The van der Waals surface area contributed by atoms with Gasteiger partial charge in [0.2, 0.25) is 0 Å². The number of benzene rings is 2. The van der Waals surface area contributed by atoms with Crippen LogP contribution in [0, 0.1) is 17.0 Å². The summed E-state index contributed by atoms with van der Waals surface area (Å²) >= 11 is 9.29. The standard InChI is InChI=1S/C14H12BrClN2O2/c1-9-6-14(18(19)20)12(16)7-13(9)17-8-10-2-4-11(15)5-3-10/h2-7,17H,8H2,1H3. The van der Waals surface area contributed by atoms with Gasteiger partial charge in [0, 0.05) is 22.8 Å². The van der Waals surface area contributed by atoms with Crippen LogP contribution >= 0.6 is 27.5 Å². The Morgan fingerprint density at radius 3 is 2.55 bits per heavy atom. The highest BCUT2D eigenvalue weighted by atomic mass is 79.9. The fourth-order valence-corrected chi connectivity index (χ4v) is 2.29. The number of nitrogens with one attached hydrogen (secondary N) is 1. The van der Waals surface area contributed by atoms with Crippen molar-refractivity contribution in [3.63, 3.8) is 0 Å². The quantitative estimate of drug-likeness (QED) is 0.625. The van der Waals surface area contributed by atoms with Gasteiger partial charge in [-0.15, -0.1) is 0 Å². The first-order valence-electron chi connectivity index (χ1n) is 5.90. The predicted octanol–water partition coefficient (Wildman–Crippen LogP) is 4.93. The van der Waals surface area contributed by atoms with Gasteiger partial charge >= 0.3 is 0 Å². The van der Waals surface area contributed by atoms with Crippen LogP contribution in [0.25, 0.3) is 0 Å². The molecule has 20 heavy (non-hydrogen) atoms. The molecular weight excluding hydrogens is 344 g/mol. The average Bonchev–Trinajstić information content (AvgIpc) is 2.41. The van der Waals surface area contributed by atoms with Crippen molar-refractivity contribution in [1.82, 2.24) is 0 Å². The molecule has 0 spiro atoms. The summed E-state index contributed by atoms with van der Waals surface area (Å²) in [6.45, 7) is 2.44. The Morgan fingerprint density at radius 2 is 1.95 bits per heavy atom. The van der Waals surface area contributed by atoms with Crippen molar-refractivity contribution >= 4 is 38.9 Å². The van der Waals surface area contributed by atoms with Crippen molar-refractivity contribution in [3.8, 4) is 0 Å². The van der Waals surface area contributed by atoms with Gasteiger partial charge in [-0.2, -0.15) is 0 Å². The lowest BCUT2D eigenvalue weighted by Gasteiger charge is -2.10. The molecule has 0 saturated carbocycles. The summed E-state index contributed by atoms with van der Waals surface area (Å²) in [5.74, 6) is 0. The Bertz CT molecular complexity index is 644. The van der Waals surface area contributed by atoms with E-state index in [0.717, 1.165) is 21.3 Å². The van der Waals surface area contributed by atoms with E-state index < -0.39 is 4.92 Å². The monoisotopic (exact) mass is 354 g/mol. The zero-order chi connectivity index (χ0) is 14.7. The van der Waals surface area contributed by atoms with E-state index in [1.54, 1.807) is 6.07 Å². The summed E-state index contributed by atoms with van der Waals surface area (Å²) in [5, 5.41) is 14.2. The molecule has 2 aromatic carbocycles. The van der Waals surface area contributed by atoms with Gasteiger partial charge in [0.25, 0.3) is 5.69 Å². The molecule has 0 saturated heterocycles. The number of rotatable bonds is 4. The molecule has 0 unspecified atom stereocenters. The average molecular weight is 356 g/mol. The van der Waals surface area contributed by atoms with E-state index in [9.17, 15) is 10.1 Å². The molecule has 0 aliphatic carbocycles. The van der Waals surface area contributed by atoms with Gasteiger partial charge in [0.15, 0.2) is 0 Å². The lowest BCUT2D eigenvalue weighted by molar-refractivity contribution is -0.384. The Morgan fingerprint density at radius 1 is 1.30 bits per heavy atom. The summed E-state index contributed by atoms with van der Waals surface area (Å²) in [5.41, 5.74) is 2.63.